The molecule has 0 unspecified atom stereocenters. The Morgan fingerprint density at radius 3 is 2.62 bits per heavy atom. The summed E-state index contributed by atoms with van der Waals surface area (Å²) in [7, 11) is 0. The lowest BCUT2D eigenvalue weighted by atomic mass is 9.89. The molecule has 1 aliphatic rings. The van der Waals surface area contributed by atoms with Gasteiger partial charge in [0.2, 0.25) is 0 Å². The third kappa shape index (κ3) is 3.89. The summed E-state index contributed by atoms with van der Waals surface area (Å²) in [6.45, 7) is 7.34. The number of hydrogen-bond acceptors (Lipinski definition) is 3. The first-order valence-electron chi connectivity index (χ1n) is 7.24. The molecular weight excluding hydrogens is 288 g/mol. The fourth-order valence-electron chi connectivity index (χ4n) is 2.71. The molecule has 1 aromatic rings. The molecule has 0 aromatic heterocycles. The zero-order chi connectivity index (χ0) is 15.6. The molecule has 2 atom stereocenters. The SMILES string of the molecule is CC(C)(C)OC(=O)N1C[C@H](CN)[C@@H](c2ccccc2Cl)C1. The predicted octanol–water partition coefficient (Wildman–Crippen LogP) is 3.25. The van der Waals surface area contributed by atoms with Gasteiger partial charge in [0.05, 0.1) is 0 Å². The minimum absolute atomic E-state index is 0.163. The van der Waals surface area contributed by atoms with E-state index in [1.807, 2.05) is 45.0 Å². The molecule has 1 amide bonds. The molecule has 2 rings (SSSR count). The lowest BCUT2D eigenvalue weighted by Gasteiger charge is -2.24. The number of likely N-dealkylation sites (tertiary alicyclic amines) is 1. The van der Waals surface area contributed by atoms with Crippen LogP contribution in [0.2, 0.25) is 5.02 Å². The van der Waals surface area contributed by atoms with Crippen LogP contribution >= 0.6 is 11.6 Å². The smallest absolute Gasteiger partial charge is 0.410 e. The molecule has 0 aliphatic carbocycles. The van der Waals surface area contributed by atoms with E-state index in [4.69, 9.17) is 22.1 Å². The molecule has 4 nitrogen and oxygen atoms in total. The minimum Gasteiger partial charge on any atom is -0.444 e. The van der Waals surface area contributed by atoms with Crippen LogP contribution in [0.5, 0.6) is 0 Å². The number of ether oxygens (including phenoxy) is 1. The molecule has 5 heteroatoms. The van der Waals surface area contributed by atoms with E-state index in [0.717, 1.165) is 10.6 Å². The molecule has 1 heterocycles. The minimum atomic E-state index is -0.488. The van der Waals surface area contributed by atoms with Gasteiger partial charge in [0.15, 0.2) is 0 Å². The average Bonchev–Trinajstić information content (AvgIpc) is 2.81. The number of rotatable bonds is 2. The van der Waals surface area contributed by atoms with Crippen molar-refractivity contribution < 1.29 is 9.53 Å². The highest BCUT2D eigenvalue weighted by molar-refractivity contribution is 6.31. The maximum atomic E-state index is 12.2. The van der Waals surface area contributed by atoms with Gasteiger partial charge in [-0.3, -0.25) is 0 Å². The Morgan fingerprint density at radius 1 is 1.38 bits per heavy atom. The number of benzene rings is 1. The van der Waals surface area contributed by atoms with Crippen molar-refractivity contribution in [2.45, 2.75) is 32.3 Å². The van der Waals surface area contributed by atoms with Crippen LogP contribution in [0.1, 0.15) is 32.3 Å². The molecule has 2 N–H and O–H groups in total. The predicted molar refractivity (Wildman–Crippen MR) is 84.5 cm³/mol. The zero-order valence-corrected chi connectivity index (χ0v) is 13.6. The van der Waals surface area contributed by atoms with E-state index in [-0.39, 0.29) is 17.9 Å². The summed E-state index contributed by atoms with van der Waals surface area (Å²) in [6.07, 6.45) is -0.282. The Bertz CT molecular complexity index is 513. The number of halogens is 1. The van der Waals surface area contributed by atoms with E-state index in [9.17, 15) is 4.79 Å². The Morgan fingerprint density at radius 2 is 2.05 bits per heavy atom. The second-order valence-corrected chi connectivity index (χ2v) is 6.92. The van der Waals surface area contributed by atoms with Crippen LogP contribution in [0.25, 0.3) is 0 Å². The molecule has 1 fully saturated rings. The summed E-state index contributed by atoms with van der Waals surface area (Å²) in [5, 5.41) is 0.729. The Balaban J connectivity index is 2.15. The van der Waals surface area contributed by atoms with Crippen molar-refractivity contribution in [1.82, 2.24) is 4.90 Å². The fourth-order valence-corrected chi connectivity index (χ4v) is 2.99. The van der Waals surface area contributed by atoms with Gasteiger partial charge in [-0.05, 0) is 44.9 Å². The normalized spacial score (nSPS) is 22.4. The van der Waals surface area contributed by atoms with E-state index in [0.29, 0.717) is 19.6 Å². The number of carbonyl (C=O) groups is 1. The standard InChI is InChI=1S/C16H23ClN2O2/c1-16(2,3)21-15(20)19-9-11(8-18)13(10-19)12-6-4-5-7-14(12)17/h4-7,11,13H,8-10,18H2,1-3H3/t11-,13-/m0/s1. The van der Waals surface area contributed by atoms with Crippen molar-refractivity contribution in [2.75, 3.05) is 19.6 Å². The van der Waals surface area contributed by atoms with Crippen LogP contribution in [0.15, 0.2) is 24.3 Å². The summed E-state index contributed by atoms with van der Waals surface area (Å²) in [4.78, 5) is 13.9. The van der Waals surface area contributed by atoms with Crippen molar-refractivity contribution in [3.8, 4) is 0 Å². The van der Waals surface area contributed by atoms with Crippen LogP contribution in [-0.4, -0.2) is 36.2 Å². The number of carbonyl (C=O) groups excluding carboxylic acids is 1. The second kappa shape index (κ2) is 6.24. The maximum Gasteiger partial charge on any atom is 0.410 e. The molecule has 0 bridgehead atoms. The summed E-state index contributed by atoms with van der Waals surface area (Å²) in [5.41, 5.74) is 6.45. The second-order valence-electron chi connectivity index (χ2n) is 6.51. The maximum absolute atomic E-state index is 12.2. The van der Waals surface area contributed by atoms with Crippen LogP contribution in [0.4, 0.5) is 4.79 Å². The number of hydrogen-bond donors (Lipinski definition) is 1. The van der Waals surface area contributed by atoms with Crippen molar-refractivity contribution >= 4 is 17.7 Å². The monoisotopic (exact) mass is 310 g/mol. The highest BCUT2D eigenvalue weighted by Gasteiger charge is 2.37. The number of nitrogens with two attached hydrogens (primary N) is 1. The topological polar surface area (TPSA) is 55.6 Å². The van der Waals surface area contributed by atoms with E-state index < -0.39 is 5.60 Å². The summed E-state index contributed by atoms with van der Waals surface area (Å²) < 4.78 is 5.44. The molecule has 1 saturated heterocycles. The Kier molecular flexibility index (Phi) is 4.79. The summed E-state index contributed by atoms with van der Waals surface area (Å²) >= 11 is 6.28. The van der Waals surface area contributed by atoms with Gasteiger partial charge in [0.25, 0.3) is 0 Å². The van der Waals surface area contributed by atoms with Crippen LogP contribution in [-0.2, 0) is 4.74 Å². The molecule has 0 spiro atoms. The van der Waals surface area contributed by atoms with Crippen LogP contribution < -0.4 is 5.73 Å². The summed E-state index contributed by atoms with van der Waals surface area (Å²) in [5.74, 6) is 0.369. The fraction of sp³-hybridized carbons (Fsp3) is 0.562. The van der Waals surface area contributed by atoms with E-state index in [1.54, 1.807) is 4.90 Å². The third-order valence-corrected chi connectivity index (χ3v) is 4.04. The highest BCUT2D eigenvalue weighted by atomic mass is 35.5. The third-order valence-electron chi connectivity index (χ3n) is 3.70. The van der Waals surface area contributed by atoms with Gasteiger partial charge in [0.1, 0.15) is 5.60 Å². The van der Waals surface area contributed by atoms with Gasteiger partial charge >= 0.3 is 6.09 Å². The molecule has 1 aromatic carbocycles. The quantitative estimate of drug-likeness (QED) is 0.912. The van der Waals surface area contributed by atoms with Gasteiger partial charge < -0.3 is 15.4 Å². The molecular formula is C16H23ClN2O2. The van der Waals surface area contributed by atoms with E-state index >= 15 is 0 Å². The molecule has 0 saturated carbocycles. The molecule has 0 radical (unpaired) electrons. The Hall–Kier alpha value is -1.26. The molecule has 1 aliphatic heterocycles. The largest absolute Gasteiger partial charge is 0.444 e. The molecule has 116 valence electrons. The van der Waals surface area contributed by atoms with Crippen molar-refractivity contribution in [3.63, 3.8) is 0 Å². The van der Waals surface area contributed by atoms with Gasteiger partial charge in [-0.25, -0.2) is 4.79 Å². The van der Waals surface area contributed by atoms with Crippen LogP contribution in [0.3, 0.4) is 0 Å². The highest BCUT2D eigenvalue weighted by Crippen LogP contribution is 2.36. The lowest BCUT2D eigenvalue weighted by Crippen LogP contribution is -2.35. The van der Waals surface area contributed by atoms with Crippen molar-refractivity contribution in [2.24, 2.45) is 11.7 Å². The van der Waals surface area contributed by atoms with Gasteiger partial charge in [0, 0.05) is 24.0 Å². The zero-order valence-electron chi connectivity index (χ0n) is 12.8. The lowest BCUT2D eigenvalue weighted by molar-refractivity contribution is 0.0287. The first-order valence-corrected chi connectivity index (χ1v) is 7.62. The Labute approximate surface area is 131 Å². The summed E-state index contributed by atoms with van der Waals surface area (Å²) in [6, 6.07) is 7.75. The van der Waals surface area contributed by atoms with Crippen molar-refractivity contribution in [3.05, 3.63) is 34.9 Å². The number of amides is 1. The first kappa shape index (κ1) is 16.1. The molecule has 21 heavy (non-hydrogen) atoms. The first-order chi connectivity index (χ1) is 9.81. The average molecular weight is 311 g/mol. The van der Waals surface area contributed by atoms with Gasteiger partial charge in [-0.15, -0.1) is 0 Å². The van der Waals surface area contributed by atoms with Gasteiger partial charge in [-0.1, -0.05) is 29.8 Å². The van der Waals surface area contributed by atoms with Crippen LogP contribution in [0, 0.1) is 5.92 Å². The van der Waals surface area contributed by atoms with E-state index in [2.05, 4.69) is 0 Å². The van der Waals surface area contributed by atoms with Crippen molar-refractivity contribution in [1.29, 1.82) is 0 Å². The van der Waals surface area contributed by atoms with Gasteiger partial charge in [-0.2, -0.15) is 0 Å². The number of nitrogens with zero attached hydrogens (tertiary/aromatic N) is 1. The van der Waals surface area contributed by atoms with E-state index in [1.165, 1.54) is 0 Å².